The molecular weight excluding hydrogens is 534 g/mol. The fourth-order valence-electron chi connectivity index (χ4n) is 5.57. The van der Waals surface area contributed by atoms with E-state index in [1.165, 1.54) is 116 Å². The molecule has 1 amide bonds. The van der Waals surface area contributed by atoms with E-state index in [9.17, 15) is 20.1 Å². The second-order valence-corrected chi connectivity index (χ2v) is 12.8. The van der Waals surface area contributed by atoms with Crippen molar-refractivity contribution in [3.05, 3.63) is 24.3 Å². The minimum atomic E-state index is -1.16. The molecule has 0 spiro atoms. The minimum absolute atomic E-state index is 0.164. The normalized spacial score (nSPS) is 14.1. The largest absolute Gasteiger partial charge is 0.394 e. The lowest BCUT2D eigenvalue weighted by atomic mass is 10.0. The summed E-state index contributed by atoms with van der Waals surface area (Å²) in [5, 5.41) is 33.2. The van der Waals surface area contributed by atoms with E-state index in [0.29, 0.717) is 12.8 Å². The van der Waals surface area contributed by atoms with Crippen molar-refractivity contribution in [2.24, 2.45) is 0 Å². The van der Waals surface area contributed by atoms with Crippen LogP contribution in [0, 0.1) is 0 Å². The van der Waals surface area contributed by atoms with E-state index >= 15 is 0 Å². The van der Waals surface area contributed by atoms with Crippen LogP contribution >= 0.6 is 0 Å². The van der Waals surface area contributed by atoms with Crippen molar-refractivity contribution in [1.29, 1.82) is 0 Å². The minimum Gasteiger partial charge on any atom is -0.394 e. The molecule has 0 bridgehead atoms. The van der Waals surface area contributed by atoms with Crippen LogP contribution in [0.5, 0.6) is 0 Å². The Morgan fingerprint density at radius 1 is 0.558 bits per heavy atom. The van der Waals surface area contributed by atoms with E-state index in [0.717, 1.165) is 44.9 Å². The highest BCUT2D eigenvalue weighted by molar-refractivity contribution is 5.76. The Labute approximate surface area is 267 Å². The third kappa shape index (κ3) is 29.3. The first-order valence-corrected chi connectivity index (χ1v) is 18.6. The number of hydrogen-bond donors (Lipinski definition) is 4. The number of hydrogen-bond acceptors (Lipinski definition) is 4. The second kappa shape index (κ2) is 33.7. The van der Waals surface area contributed by atoms with Crippen molar-refractivity contribution in [2.45, 2.75) is 205 Å². The molecule has 43 heavy (non-hydrogen) atoms. The molecule has 5 heteroatoms. The number of allylic oxidation sites excluding steroid dienone is 4. The molecule has 0 aliphatic heterocycles. The molecule has 0 aromatic carbocycles. The van der Waals surface area contributed by atoms with E-state index in [4.69, 9.17) is 0 Å². The lowest BCUT2D eigenvalue weighted by Gasteiger charge is -2.26. The first-order valence-electron chi connectivity index (χ1n) is 18.6. The second-order valence-electron chi connectivity index (χ2n) is 12.8. The van der Waals surface area contributed by atoms with Gasteiger partial charge < -0.3 is 20.6 Å². The Morgan fingerprint density at radius 2 is 0.930 bits per heavy atom. The highest BCUT2D eigenvalue weighted by Gasteiger charge is 2.26. The fourth-order valence-corrected chi connectivity index (χ4v) is 5.57. The highest BCUT2D eigenvalue weighted by Crippen LogP contribution is 2.13. The maximum Gasteiger partial charge on any atom is 0.220 e. The van der Waals surface area contributed by atoms with Gasteiger partial charge >= 0.3 is 0 Å². The van der Waals surface area contributed by atoms with Crippen LogP contribution in [0.3, 0.4) is 0 Å². The smallest absolute Gasteiger partial charge is 0.220 e. The number of carbonyl (C=O) groups excluding carboxylic acids is 1. The van der Waals surface area contributed by atoms with E-state index in [-0.39, 0.29) is 12.5 Å². The van der Waals surface area contributed by atoms with Crippen LogP contribution in [0.2, 0.25) is 0 Å². The average Bonchev–Trinajstić information content (AvgIpc) is 3.01. The monoisotopic (exact) mass is 608 g/mol. The van der Waals surface area contributed by atoms with Crippen LogP contribution in [0.15, 0.2) is 24.3 Å². The quantitative estimate of drug-likeness (QED) is 0.0441. The van der Waals surface area contributed by atoms with Crippen LogP contribution < -0.4 is 5.32 Å². The number of aliphatic hydroxyl groups excluding tert-OH is 3. The third-order valence-corrected chi connectivity index (χ3v) is 8.53. The van der Waals surface area contributed by atoms with Crippen molar-refractivity contribution in [1.82, 2.24) is 5.32 Å². The molecule has 4 N–H and O–H groups in total. The topological polar surface area (TPSA) is 89.8 Å². The standard InChI is InChI=1S/C38H73NO4/c1-3-5-7-9-11-13-15-16-17-18-19-20-21-23-25-27-29-31-33-37(42)39-35(34-40)38(43)36(41)32-30-28-26-24-22-14-12-10-8-6-4-2/h19-20,24,26,35-36,38,40-41,43H,3-18,21-23,25,27-34H2,1-2H3,(H,39,42)/b20-19-,26-24+. The van der Waals surface area contributed by atoms with Gasteiger partial charge in [-0.1, -0.05) is 141 Å². The van der Waals surface area contributed by atoms with Crippen LogP contribution in [-0.2, 0) is 4.79 Å². The first-order chi connectivity index (χ1) is 21.1. The van der Waals surface area contributed by atoms with Gasteiger partial charge in [0.15, 0.2) is 0 Å². The zero-order valence-electron chi connectivity index (χ0n) is 28.6. The predicted molar refractivity (Wildman–Crippen MR) is 185 cm³/mol. The number of nitrogens with one attached hydrogen (secondary N) is 1. The molecule has 3 unspecified atom stereocenters. The number of unbranched alkanes of at least 4 members (excludes halogenated alkanes) is 21. The Hall–Kier alpha value is -1.17. The number of carbonyl (C=O) groups is 1. The van der Waals surface area contributed by atoms with Crippen molar-refractivity contribution in [3.8, 4) is 0 Å². The van der Waals surface area contributed by atoms with Gasteiger partial charge in [0.05, 0.1) is 18.8 Å². The van der Waals surface area contributed by atoms with Crippen molar-refractivity contribution in [3.63, 3.8) is 0 Å². The molecule has 0 rings (SSSR count). The zero-order valence-corrected chi connectivity index (χ0v) is 28.6. The van der Waals surface area contributed by atoms with E-state index in [1.54, 1.807) is 0 Å². The fraction of sp³-hybridized carbons (Fsp3) is 0.868. The van der Waals surface area contributed by atoms with Crippen molar-refractivity contribution >= 4 is 5.91 Å². The summed E-state index contributed by atoms with van der Waals surface area (Å²) >= 11 is 0. The number of aliphatic hydroxyl groups is 3. The molecule has 0 heterocycles. The Bertz CT molecular complexity index is 635. The average molecular weight is 608 g/mol. The summed E-state index contributed by atoms with van der Waals surface area (Å²) in [6.07, 6.45) is 38.4. The van der Waals surface area contributed by atoms with Gasteiger partial charge in [-0.05, 0) is 64.2 Å². The van der Waals surface area contributed by atoms with Gasteiger partial charge in [-0.3, -0.25) is 4.79 Å². The Morgan fingerprint density at radius 3 is 1.35 bits per heavy atom. The Balaban J connectivity index is 3.72. The summed E-state index contributed by atoms with van der Waals surface area (Å²) in [4.78, 5) is 12.3. The van der Waals surface area contributed by atoms with Crippen LogP contribution in [0.4, 0.5) is 0 Å². The first kappa shape index (κ1) is 41.8. The van der Waals surface area contributed by atoms with Crippen molar-refractivity contribution < 1.29 is 20.1 Å². The zero-order chi connectivity index (χ0) is 31.6. The van der Waals surface area contributed by atoms with E-state index in [2.05, 4.69) is 43.5 Å². The van der Waals surface area contributed by atoms with E-state index < -0.39 is 18.2 Å². The van der Waals surface area contributed by atoms with Crippen molar-refractivity contribution in [2.75, 3.05) is 6.61 Å². The lowest BCUT2D eigenvalue weighted by molar-refractivity contribution is -0.124. The van der Waals surface area contributed by atoms with Gasteiger partial charge in [0.25, 0.3) is 0 Å². The molecule has 3 atom stereocenters. The van der Waals surface area contributed by atoms with Gasteiger partial charge in [0.1, 0.15) is 6.10 Å². The summed E-state index contributed by atoms with van der Waals surface area (Å²) in [6.45, 7) is 4.13. The Kier molecular flexibility index (Phi) is 32.8. The lowest BCUT2D eigenvalue weighted by Crippen LogP contribution is -2.50. The summed E-state index contributed by atoms with van der Waals surface area (Å²) in [5.74, 6) is -0.164. The number of amides is 1. The molecular formula is C38H73NO4. The summed E-state index contributed by atoms with van der Waals surface area (Å²) in [6, 6.07) is -0.826. The molecule has 0 aromatic rings. The van der Waals surface area contributed by atoms with Gasteiger partial charge in [-0.2, -0.15) is 0 Å². The van der Waals surface area contributed by atoms with Crippen LogP contribution in [-0.4, -0.2) is 46.1 Å². The van der Waals surface area contributed by atoms with Gasteiger partial charge in [0.2, 0.25) is 5.91 Å². The molecule has 0 aliphatic carbocycles. The molecule has 0 saturated heterocycles. The summed E-state index contributed by atoms with van der Waals surface area (Å²) < 4.78 is 0. The molecule has 0 saturated carbocycles. The maximum atomic E-state index is 12.3. The molecule has 5 nitrogen and oxygen atoms in total. The number of rotatable bonds is 33. The maximum absolute atomic E-state index is 12.3. The molecule has 0 fully saturated rings. The van der Waals surface area contributed by atoms with E-state index in [1.807, 2.05) is 0 Å². The van der Waals surface area contributed by atoms with Gasteiger partial charge in [-0.25, -0.2) is 0 Å². The SMILES string of the molecule is CCCCCCCC/C=C/CCCC(O)C(O)C(CO)NC(=O)CCCCCCC/C=C\CCCCCCCCCCC. The van der Waals surface area contributed by atoms with Gasteiger partial charge in [0, 0.05) is 6.42 Å². The summed E-state index contributed by atoms with van der Waals surface area (Å²) in [5.41, 5.74) is 0. The summed E-state index contributed by atoms with van der Waals surface area (Å²) in [7, 11) is 0. The molecule has 0 radical (unpaired) electrons. The predicted octanol–water partition coefficient (Wildman–Crippen LogP) is 9.87. The third-order valence-electron chi connectivity index (χ3n) is 8.53. The molecule has 254 valence electrons. The van der Waals surface area contributed by atoms with Gasteiger partial charge in [-0.15, -0.1) is 0 Å². The van der Waals surface area contributed by atoms with Crippen LogP contribution in [0.25, 0.3) is 0 Å². The molecule has 0 aliphatic rings. The van der Waals surface area contributed by atoms with Crippen LogP contribution in [0.1, 0.15) is 187 Å². The molecule has 0 aromatic heterocycles. The highest BCUT2D eigenvalue weighted by atomic mass is 16.3.